The number of aliphatic hydroxyl groups excluding tert-OH is 1. The molecule has 13 heteroatoms. The van der Waals surface area contributed by atoms with Crippen LogP contribution in [0.15, 0.2) is 53.6 Å². The van der Waals surface area contributed by atoms with Crippen LogP contribution in [0.25, 0.3) is 0 Å². The predicted octanol–water partition coefficient (Wildman–Crippen LogP) is 5.07. The zero-order chi connectivity index (χ0) is 24.6. The van der Waals surface area contributed by atoms with Gasteiger partial charge < -0.3 is 5.11 Å². The summed E-state index contributed by atoms with van der Waals surface area (Å²) in [5, 5.41) is 8.60. The zero-order valence-corrected chi connectivity index (χ0v) is 18.4. The molecule has 0 saturated carbocycles. The molecular weight excluding hydrogens is 511 g/mol. The normalized spacial score (nSPS) is 12.0. The number of nitrogens with one attached hydrogen (secondary N) is 1. The molecule has 0 spiro atoms. The minimum absolute atomic E-state index is 0.0851. The first-order valence-corrected chi connectivity index (χ1v) is 11.1. The molecule has 0 saturated heterocycles. The van der Waals surface area contributed by atoms with E-state index in [-0.39, 0.29) is 10.6 Å². The van der Waals surface area contributed by atoms with Crippen molar-refractivity contribution in [2.24, 2.45) is 0 Å². The summed E-state index contributed by atoms with van der Waals surface area (Å²) in [6.07, 6.45) is -3.93. The molecule has 2 aromatic carbocycles. The summed E-state index contributed by atoms with van der Waals surface area (Å²) in [7, 11) is -4.70. The van der Waals surface area contributed by atoms with Crippen molar-refractivity contribution in [3.63, 3.8) is 0 Å². The van der Waals surface area contributed by atoms with Crippen LogP contribution >= 0.6 is 23.2 Å². The first-order chi connectivity index (χ1) is 15.3. The number of carbonyl (C=O) groups is 1. The number of ketones is 1. The highest BCUT2D eigenvalue weighted by molar-refractivity contribution is 7.92. The van der Waals surface area contributed by atoms with Crippen molar-refractivity contribution in [3.05, 3.63) is 86.9 Å². The summed E-state index contributed by atoms with van der Waals surface area (Å²) in [5.41, 5.74) is -3.12. The van der Waals surface area contributed by atoms with Crippen LogP contribution in [0.4, 0.5) is 23.2 Å². The van der Waals surface area contributed by atoms with E-state index in [9.17, 15) is 35.9 Å². The number of pyridine rings is 1. The largest absolute Gasteiger partial charge is 0.417 e. The number of sulfonamides is 1. The molecule has 0 aliphatic heterocycles. The highest BCUT2D eigenvalue weighted by Gasteiger charge is 2.35. The highest BCUT2D eigenvalue weighted by atomic mass is 35.5. The molecule has 0 fully saturated rings. The van der Waals surface area contributed by atoms with Gasteiger partial charge in [-0.05, 0) is 35.9 Å². The van der Waals surface area contributed by atoms with Gasteiger partial charge in [0.15, 0.2) is 0 Å². The van der Waals surface area contributed by atoms with Gasteiger partial charge in [0.25, 0.3) is 10.0 Å². The van der Waals surface area contributed by atoms with Crippen LogP contribution in [0.2, 0.25) is 10.0 Å². The number of halogens is 6. The van der Waals surface area contributed by atoms with Crippen molar-refractivity contribution in [2.45, 2.75) is 17.7 Å². The van der Waals surface area contributed by atoms with Crippen LogP contribution in [0, 0.1) is 5.82 Å². The van der Waals surface area contributed by atoms with E-state index in [0.717, 1.165) is 30.5 Å². The van der Waals surface area contributed by atoms with Gasteiger partial charge in [0.2, 0.25) is 5.78 Å². The zero-order valence-electron chi connectivity index (χ0n) is 16.1. The van der Waals surface area contributed by atoms with E-state index in [0.29, 0.717) is 6.07 Å². The van der Waals surface area contributed by atoms with Crippen LogP contribution in [0.5, 0.6) is 0 Å². The summed E-state index contributed by atoms with van der Waals surface area (Å²) >= 11 is 11.4. The van der Waals surface area contributed by atoms with Crippen molar-refractivity contribution in [1.29, 1.82) is 0 Å². The SMILES string of the molecule is O=C(c1ncc(Cl)cc1NS(=O)(=O)c1ccc(Cl)c(C(F)(F)F)c1)c1c(F)cccc1CO. The monoisotopic (exact) mass is 522 g/mol. The Morgan fingerprint density at radius 1 is 1.12 bits per heavy atom. The van der Waals surface area contributed by atoms with Crippen LogP contribution < -0.4 is 4.72 Å². The van der Waals surface area contributed by atoms with Gasteiger partial charge in [-0.3, -0.25) is 9.52 Å². The average molecular weight is 523 g/mol. The average Bonchev–Trinajstić information content (AvgIpc) is 2.72. The fourth-order valence-corrected chi connectivity index (χ4v) is 4.33. The van der Waals surface area contributed by atoms with E-state index in [4.69, 9.17) is 23.2 Å². The molecule has 0 bridgehead atoms. The third-order valence-electron chi connectivity index (χ3n) is 4.36. The first kappa shape index (κ1) is 24.9. The maximum absolute atomic E-state index is 14.3. The Balaban J connectivity index is 2.10. The van der Waals surface area contributed by atoms with Gasteiger partial charge >= 0.3 is 6.18 Å². The van der Waals surface area contributed by atoms with Gasteiger partial charge in [0, 0.05) is 6.20 Å². The number of carbonyl (C=O) groups excluding carboxylic acids is 1. The molecule has 33 heavy (non-hydrogen) atoms. The van der Waals surface area contributed by atoms with Crippen LogP contribution in [-0.2, 0) is 22.8 Å². The molecule has 0 aliphatic carbocycles. The van der Waals surface area contributed by atoms with Gasteiger partial charge in [0.1, 0.15) is 11.5 Å². The summed E-state index contributed by atoms with van der Waals surface area (Å²) < 4.78 is 81.3. The number of benzene rings is 2. The predicted molar refractivity (Wildman–Crippen MR) is 112 cm³/mol. The van der Waals surface area contributed by atoms with Crippen molar-refractivity contribution in [3.8, 4) is 0 Å². The van der Waals surface area contributed by atoms with Crippen LogP contribution in [-0.4, -0.2) is 24.3 Å². The first-order valence-electron chi connectivity index (χ1n) is 8.83. The van der Waals surface area contributed by atoms with E-state index in [2.05, 4.69) is 4.98 Å². The quantitative estimate of drug-likeness (QED) is 0.348. The maximum Gasteiger partial charge on any atom is 0.417 e. The Morgan fingerprint density at radius 2 is 1.82 bits per heavy atom. The molecule has 0 aliphatic rings. The number of alkyl halides is 3. The minimum Gasteiger partial charge on any atom is -0.392 e. The summed E-state index contributed by atoms with van der Waals surface area (Å²) in [4.78, 5) is 15.9. The lowest BCUT2D eigenvalue weighted by Crippen LogP contribution is -2.19. The third kappa shape index (κ3) is 5.27. The van der Waals surface area contributed by atoms with Gasteiger partial charge in [-0.15, -0.1) is 0 Å². The number of hydrogen-bond donors (Lipinski definition) is 2. The Kier molecular flexibility index (Phi) is 6.99. The van der Waals surface area contributed by atoms with Crippen molar-refractivity contribution in [1.82, 2.24) is 4.98 Å². The number of nitrogens with zero attached hydrogens (tertiary/aromatic N) is 1. The fraction of sp³-hybridized carbons (Fsp3) is 0.100. The Bertz CT molecular complexity index is 1350. The second kappa shape index (κ2) is 9.26. The van der Waals surface area contributed by atoms with E-state index in [1.54, 1.807) is 0 Å². The standard InChI is InChI=1S/C20H12Cl2F4N2O4S/c21-11-6-16(18(27-8-11)19(30)17-10(9-29)2-1-3-15(17)23)28-33(31,32)12-4-5-14(22)13(7-12)20(24,25)26/h1-8,28-29H,9H2. The van der Waals surface area contributed by atoms with E-state index < -0.39 is 66.8 Å². The lowest BCUT2D eigenvalue weighted by Gasteiger charge is -2.15. The van der Waals surface area contributed by atoms with E-state index >= 15 is 0 Å². The van der Waals surface area contributed by atoms with Crippen LogP contribution in [0.3, 0.4) is 0 Å². The van der Waals surface area contributed by atoms with Crippen molar-refractivity contribution >= 4 is 44.7 Å². The van der Waals surface area contributed by atoms with Crippen molar-refractivity contribution < 1.29 is 35.9 Å². The second-order valence-corrected chi connectivity index (χ2v) is 9.08. The number of hydrogen-bond acceptors (Lipinski definition) is 5. The third-order valence-corrected chi connectivity index (χ3v) is 6.26. The topological polar surface area (TPSA) is 96.4 Å². The molecule has 1 heterocycles. The Morgan fingerprint density at radius 3 is 2.45 bits per heavy atom. The molecular formula is C20H12Cl2F4N2O4S. The maximum atomic E-state index is 14.3. The van der Waals surface area contributed by atoms with Gasteiger partial charge in [0.05, 0.1) is 38.4 Å². The summed E-state index contributed by atoms with van der Waals surface area (Å²) in [5.74, 6) is -2.08. The Labute approximate surface area is 194 Å². The molecule has 174 valence electrons. The highest BCUT2D eigenvalue weighted by Crippen LogP contribution is 2.36. The smallest absolute Gasteiger partial charge is 0.392 e. The van der Waals surface area contributed by atoms with Crippen LogP contribution in [0.1, 0.15) is 27.2 Å². The van der Waals surface area contributed by atoms with Gasteiger partial charge in [-0.25, -0.2) is 17.8 Å². The number of anilines is 1. The van der Waals surface area contributed by atoms with Crippen molar-refractivity contribution in [2.75, 3.05) is 4.72 Å². The molecule has 3 aromatic rings. The van der Waals surface area contributed by atoms with E-state index in [1.165, 1.54) is 12.1 Å². The summed E-state index contributed by atoms with van der Waals surface area (Å²) in [6, 6.07) is 6.40. The molecule has 0 unspecified atom stereocenters. The van der Waals surface area contributed by atoms with E-state index in [1.807, 2.05) is 4.72 Å². The fourth-order valence-electron chi connectivity index (χ4n) is 2.86. The second-order valence-electron chi connectivity index (χ2n) is 6.56. The van der Waals surface area contributed by atoms with Gasteiger partial charge in [-0.2, -0.15) is 13.2 Å². The number of rotatable bonds is 6. The molecule has 0 amide bonds. The molecule has 1 aromatic heterocycles. The minimum atomic E-state index is -4.92. The lowest BCUT2D eigenvalue weighted by atomic mass is 10.0. The molecule has 0 radical (unpaired) electrons. The molecule has 2 N–H and O–H groups in total. The van der Waals surface area contributed by atoms with Gasteiger partial charge in [-0.1, -0.05) is 35.3 Å². The summed E-state index contributed by atoms with van der Waals surface area (Å²) in [6.45, 7) is -0.696. The Hall–Kier alpha value is -2.73. The molecule has 3 rings (SSSR count). The number of aromatic nitrogens is 1. The molecule has 6 nitrogen and oxygen atoms in total. The number of aliphatic hydroxyl groups is 1. The lowest BCUT2D eigenvalue weighted by molar-refractivity contribution is -0.137. The molecule has 0 atom stereocenters.